The molecule has 1 unspecified atom stereocenters. The second kappa shape index (κ2) is 4.70. The van der Waals surface area contributed by atoms with Gasteiger partial charge in [0.2, 0.25) is 0 Å². The third-order valence-corrected chi connectivity index (χ3v) is 3.28. The quantitative estimate of drug-likeness (QED) is 0.309. The van der Waals surface area contributed by atoms with E-state index < -0.39 is 48.0 Å². The number of nitriles is 1. The predicted molar refractivity (Wildman–Crippen MR) is 57.3 cm³/mol. The molecule has 0 amide bonds. The second-order valence-corrected chi connectivity index (χ2v) is 5.75. The van der Waals surface area contributed by atoms with Crippen molar-refractivity contribution >= 4 is 45.2 Å². The van der Waals surface area contributed by atoms with Crippen LogP contribution in [0.1, 0.15) is 0 Å². The van der Waals surface area contributed by atoms with E-state index in [9.17, 15) is 39.5 Å². The summed E-state index contributed by atoms with van der Waals surface area (Å²) in [5, 5.41) is 7.88. The van der Waals surface area contributed by atoms with Crippen molar-refractivity contribution < 1.29 is 39.5 Å². The van der Waals surface area contributed by atoms with Gasteiger partial charge >= 0.3 is 25.4 Å². The normalized spacial score (nSPS) is 18.1. The van der Waals surface area contributed by atoms with Crippen LogP contribution >= 0.6 is 45.2 Å². The van der Waals surface area contributed by atoms with Crippen molar-refractivity contribution in [1.29, 1.82) is 5.26 Å². The van der Waals surface area contributed by atoms with Gasteiger partial charge in [0, 0.05) is 22.6 Å². The number of hydrogen-bond acceptors (Lipinski definition) is 1. The molecule has 0 aliphatic carbocycles. The summed E-state index contributed by atoms with van der Waals surface area (Å²) < 4.78 is 103. The van der Waals surface area contributed by atoms with Gasteiger partial charge in [-0.05, 0) is 22.6 Å². The lowest BCUT2D eigenvalue weighted by Crippen LogP contribution is -2.65. The van der Waals surface area contributed by atoms with Gasteiger partial charge in [0.1, 0.15) is 6.07 Å². The zero-order valence-corrected chi connectivity index (χ0v) is 11.9. The second-order valence-electron chi connectivity index (χ2n) is 2.91. The molecule has 0 saturated carbocycles. The first kappa shape index (κ1) is 18.3. The summed E-state index contributed by atoms with van der Waals surface area (Å²) in [6, 6.07) is 0.0206. The molecule has 0 rings (SSSR count). The molecule has 12 heteroatoms. The van der Waals surface area contributed by atoms with Crippen molar-refractivity contribution in [3.8, 4) is 6.07 Å². The Labute approximate surface area is 121 Å². The molecule has 1 atom stereocenters. The zero-order chi connectivity index (χ0) is 15.2. The molecule has 1 nitrogen and oxygen atoms in total. The number of alkyl halides is 11. The Morgan fingerprint density at radius 1 is 0.667 bits per heavy atom. The summed E-state index contributed by atoms with van der Waals surface area (Å²) >= 11 is -0.642. The third kappa shape index (κ3) is 2.48. The monoisotopic (exact) mass is 511 g/mol. The highest BCUT2D eigenvalue weighted by atomic mass is 127. The average molecular weight is 511 g/mol. The van der Waals surface area contributed by atoms with Crippen molar-refractivity contribution in [3.05, 3.63) is 0 Å². The number of hydrogen-bond donors (Lipinski definition) is 0. The van der Waals surface area contributed by atoms with Gasteiger partial charge in [0.25, 0.3) is 0 Å². The van der Waals surface area contributed by atoms with Crippen LogP contribution in [0.15, 0.2) is 0 Å². The average Bonchev–Trinajstić information content (AvgIpc) is 2.15. The van der Waals surface area contributed by atoms with Crippen LogP contribution in [0.4, 0.5) is 39.5 Å². The molecular formula is C6F9I2N. The Morgan fingerprint density at radius 3 is 1.22 bits per heavy atom. The molecule has 0 aliphatic rings. The number of nitrogens with zero attached hydrogens (tertiary/aromatic N) is 1. The van der Waals surface area contributed by atoms with Gasteiger partial charge in [-0.2, -0.15) is 40.4 Å². The summed E-state index contributed by atoms with van der Waals surface area (Å²) in [5.74, 6) is -19.6. The van der Waals surface area contributed by atoms with Crippen molar-refractivity contribution in [1.82, 2.24) is 0 Å². The molecule has 0 heterocycles. The van der Waals surface area contributed by atoms with E-state index in [1.165, 1.54) is 0 Å². The van der Waals surface area contributed by atoms with E-state index in [1.807, 2.05) is 0 Å². The lowest BCUT2D eigenvalue weighted by molar-refractivity contribution is -0.351. The Bertz CT molecular complexity index is 366. The summed E-state index contributed by atoms with van der Waals surface area (Å²) in [4.78, 5) is 0. The van der Waals surface area contributed by atoms with E-state index >= 15 is 0 Å². The molecule has 0 aromatic heterocycles. The molecule has 0 bridgehead atoms. The van der Waals surface area contributed by atoms with Crippen molar-refractivity contribution in [3.63, 3.8) is 0 Å². The van der Waals surface area contributed by atoms with Crippen molar-refractivity contribution in [2.75, 3.05) is 0 Å². The summed E-state index contributed by atoms with van der Waals surface area (Å²) in [6.45, 7) is 0. The van der Waals surface area contributed by atoms with Gasteiger partial charge in [-0.3, -0.25) is 0 Å². The molecule has 0 radical (unpaired) electrons. The Kier molecular flexibility index (Phi) is 4.79. The van der Waals surface area contributed by atoms with Gasteiger partial charge in [-0.15, -0.1) is 0 Å². The van der Waals surface area contributed by atoms with E-state index in [4.69, 9.17) is 5.26 Å². The zero-order valence-electron chi connectivity index (χ0n) is 7.60. The SMILES string of the molecule is N#CC(F)(I)C(F)(F)C(F)(F)C(F)(F)C(F)(F)I. The first-order chi connectivity index (χ1) is 7.56. The van der Waals surface area contributed by atoms with Crippen LogP contribution < -0.4 is 0 Å². The molecule has 0 fully saturated rings. The van der Waals surface area contributed by atoms with Crippen LogP contribution in [0.5, 0.6) is 0 Å². The van der Waals surface area contributed by atoms with Gasteiger partial charge < -0.3 is 0 Å². The highest BCUT2D eigenvalue weighted by Crippen LogP contribution is 2.59. The molecule has 0 spiro atoms. The highest BCUT2D eigenvalue weighted by molar-refractivity contribution is 14.1. The fraction of sp³-hybridized carbons (Fsp3) is 0.833. The van der Waals surface area contributed by atoms with E-state index in [-0.39, 0.29) is 28.7 Å². The van der Waals surface area contributed by atoms with E-state index in [2.05, 4.69) is 0 Å². The van der Waals surface area contributed by atoms with Crippen LogP contribution in [0, 0.1) is 11.3 Å². The lowest BCUT2D eigenvalue weighted by atomic mass is 10.0. The molecule has 18 heavy (non-hydrogen) atoms. The summed E-state index contributed by atoms with van der Waals surface area (Å²) in [7, 11) is 0. The van der Waals surface area contributed by atoms with Gasteiger partial charge in [0.05, 0.1) is 0 Å². The topological polar surface area (TPSA) is 23.8 Å². The third-order valence-electron chi connectivity index (χ3n) is 1.68. The smallest absolute Gasteiger partial charge is 0.209 e. The van der Waals surface area contributed by atoms with Crippen molar-refractivity contribution in [2.45, 2.75) is 25.4 Å². The van der Waals surface area contributed by atoms with E-state index in [1.54, 1.807) is 0 Å². The Balaban J connectivity index is 5.90. The first-order valence-electron chi connectivity index (χ1n) is 3.55. The molecule has 0 aromatic carbocycles. The van der Waals surface area contributed by atoms with Crippen LogP contribution in [0.2, 0.25) is 0 Å². The Hall–Kier alpha value is 0.320. The standard InChI is InChI=1S/C6F9I2N/c7-2(16,1-18)3(8,9)4(10,11)5(12,13)6(14,15)17. The van der Waals surface area contributed by atoms with Crippen LogP contribution in [-0.2, 0) is 0 Å². The minimum Gasteiger partial charge on any atom is -0.209 e. The first-order valence-corrected chi connectivity index (χ1v) is 5.71. The molecule has 106 valence electrons. The Morgan fingerprint density at radius 2 is 1.00 bits per heavy atom. The fourth-order valence-corrected chi connectivity index (χ4v) is 1.32. The van der Waals surface area contributed by atoms with E-state index in [0.29, 0.717) is 0 Å². The maximum atomic E-state index is 12.8. The van der Waals surface area contributed by atoms with Gasteiger partial charge in [-0.25, -0.2) is 4.39 Å². The maximum Gasteiger partial charge on any atom is 0.387 e. The van der Waals surface area contributed by atoms with Crippen molar-refractivity contribution in [2.24, 2.45) is 0 Å². The highest BCUT2D eigenvalue weighted by Gasteiger charge is 2.85. The summed E-state index contributed by atoms with van der Waals surface area (Å²) in [5.41, 5.74) is 0. The summed E-state index contributed by atoms with van der Waals surface area (Å²) in [6.07, 6.45) is 0. The van der Waals surface area contributed by atoms with E-state index in [0.717, 1.165) is 0 Å². The molecule has 0 N–H and O–H groups in total. The number of rotatable bonds is 4. The fourth-order valence-electron chi connectivity index (χ4n) is 0.643. The largest absolute Gasteiger partial charge is 0.387 e. The predicted octanol–water partition coefficient (Wildman–Crippen LogP) is 4.54. The maximum absolute atomic E-state index is 12.8. The van der Waals surface area contributed by atoms with Crippen LogP contribution in [0.3, 0.4) is 0 Å². The minimum atomic E-state index is -6.77. The number of halogens is 11. The molecule has 0 saturated heterocycles. The molecule has 0 aromatic rings. The molecular weight excluding hydrogens is 511 g/mol. The van der Waals surface area contributed by atoms with Crippen LogP contribution in [0.25, 0.3) is 0 Å². The van der Waals surface area contributed by atoms with Crippen LogP contribution in [-0.4, -0.2) is 25.4 Å². The molecule has 0 aliphatic heterocycles. The van der Waals surface area contributed by atoms with Gasteiger partial charge in [-0.1, -0.05) is 0 Å². The van der Waals surface area contributed by atoms with Gasteiger partial charge in [0.15, 0.2) is 0 Å². The lowest BCUT2D eigenvalue weighted by Gasteiger charge is -2.36. The minimum absolute atomic E-state index is 0.0206.